The van der Waals surface area contributed by atoms with Crippen molar-refractivity contribution in [3.8, 4) is 0 Å². The maximum absolute atomic E-state index is 12.5. The first-order chi connectivity index (χ1) is 12.7. The van der Waals surface area contributed by atoms with Gasteiger partial charge in [0.15, 0.2) is 0 Å². The Morgan fingerprint density at radius 1 is 0.815 bits per heavy atom. The Morgan fingerprint density at radius 2 is 1.26 bits per heavy atom. The van der Waals surface area contributed by atoms with Gasteiger partial charge in [0.25, 0.3) is 5.79 Å². The number of aliphatic hydroxyl groups excluding tert-OH is 2. The fourth-order valence-corrected chi connectivity index (χ4v) is 4.92. The molecule has 2 aliphatic carbocycles. The first-order valence-electron chi connectivity index (χ1n) is 9.69. The van der Waals surface area contributed by atoms with Crippen molar-refractivity contribution in [3.05, 3.63) is 24.3 Å². The van der Waals surface area contributed by atoms with Gasteiger partial charge >= 0.3 is 11.9 Å². The van der Waals surface area contributed by atoms with Gasteiger partial charge in [0.05, 0.1) is 18.6 Å². The minimum atomic E-state index is -1.75. The summed E-state index contributed by atoms with van der Waals surface area (Å²) in [6.45, 7) is 9.35. The topological polar surface area (TPSA) is 93.1 Å². The highest BCUT2D eigenvalue weighted by Gasteiger charge is 2.69. The lowest BCUT2D eigenvalue weighted by atomic mass is 9.49. The van der Waals surface area contributed by atoms with Gasteiger partial charge in [0, 0.05) is 17.6 Å². The number of aliphatic hydroxyl groups is 2. The van der Waals surface area contributed by atoms with Gasteiger partial charge in [0.1, 0.15) is 0 Å². The van der Waals surface area contributed by atoms with E-state index in [0.717, 1.165) is 38.5 Å². The van der Waals surface area contributed by atoms with Crippen molar-refractivity contribution in [2.45, 2.75) is 71.0 Å². The average Bonchev–Trinajstić information content (AvgIpc) is 2.63. The molecule has 0 aromatic heterocycles. The zero-order valence-electron chi connectivity index (χ0n) is 16.5. The van der Waals surface area contributed by atoms with Crippen molar-refractivity contribution in [1.82, 2.24) is 0 Å². The number of ether oxygens (including phenoxy) is 2. The summed E-state index contributed by atoms with van der Waals surface area (Å²) in [6, 6.07) is 0. The molecule has 6 nitrogen and oxygen atoms in total. The minimum Gasteiger partial charge on any atom is -0.418 e. The van der Waals surface area contributed by atoms with Gasteiger partial charge in [-0.2, -0.15) is 0 Å². The van der Waals surface area contributed by atoms with E-state index in [4.69, 9.17) is 9.47 Å². The smallest absolute Gasteiger partial charge is 0.336 e. The van der Waals surface area contributed by atoms with E-state index in [1.807, 2.05) is 0 Å². The van der Waals surface area contributed by atoms with Gasteiger partial charge < -0.3 is 19.7 Å². The van der Waals surface area contributed by atoms with Crippen molar-refractivity contribution in [2.24, 2.45) is 10.8 Å². The van der Waals surface area contributed by atoms with E-state index in [1.54, 1.807) is 0 Å². The van der Waals surface area contributed by atoms with Crippen LogP contribution in [0.25, 0.3) is 0 Å². The zero-order valence-corrected chi connectivity index (χ0v) is 16.5. The van der Waals surface area contributed by atoms with E-state index in [0.29, 0.717) is 6.42 Å². The summed E-state index contributed by atoms with van der Waals surface area (Å²) >= 11 is 0. The predicted octanol–water partition coefficient (Wildman–Crippen LogP) is 3.03. The third-order valence-electron chi connectivity index (χ3n) is 6.47. The van der Waals surface area contributed by atoms with E-state index in [1.165, 1.54) is 13.8 Å². The van der Waals surface area contributed by atoms with E-state index in [9.17, 15) is 19.8 Å². The molecule has 27 heavy (non-hydrogen) atoms. The molecule has 0 unspecified atom stereocenters. The molecule has 2 N–H and O–H groups in total. The summed E-state index contributed by atoms with van der Waals surface area (Å²) in [4.78, 5) is 24.9. The molecule has 0 amide bonds. The van der Waals surface area contributed by atoms with E-state index >= 15 is 0 Å². The molecule has 0 heterocycles. The molecule has 2 rings (SSSR count). The fourth-order valence-electron chi connectivity index (χ4n) is 4.92. The number of esters is 2. The second kappa shape index (κ2) is 8.15. The van der Waals surface area contributed by atoms with Crippen molar-refractivity contribution < 1.29 is 29.3 Å². The molecule has 1 spiro atoms. The van der Waals surface area contributed by atoms with Gasteiger partial charge in [-0.3, -0.25) is 0 Å². The van der Waals surface area contributed by atoms with Gasteiger partial charge in [0.2, 0.25) is 0 Å². The van der Waals surface area contributed by atoms with Crippen LogP contribution in [0.3, 0.4) is 0 Å². The predicted molar refractivity (Wildman–Crippen MR) is 101 cm³/mol. The summed E-state index contributed by atoms with van der Waals surface area (Å²) in [5, 5.41) is 21.0. The Morgan fingerprint density at radius 3 is 1.67 bits per heavy atom. The highest BCUT2D eigenvalue weighted by molar-refractivity contribution is 5.89. The van der Waals surface area contributed by atoms with E-state index in [-0.39, 0.29) is 17.6 Å². The maximum atomic E-state index is 12.5. The number of rotatable bonds is 6. The fraction of sp³-hybridized carbons (Fsp3) is 0.714. The van der Waals surface area contributed by atoms with Gasteiger partial charge in [-0.15, -0.1) is 0 Å². The Bertz CT molecular complexity index is 577. The molecule has 2 aliphatic rings. The van der Waals surface area contributed by atoms with Crippen LogP contribution in [-0.4, -0.2) is 41.2 Å². The first-order valence-corrected chi connectivity index (χ1v) is 9.69. The molecular weight excluding hydrogens is 348 g/mol. The van der Waals surface area contributed by atoms with E-state index in [2.05, 4.69) is 13.2 Å². The molecule has 0 radical (unpaired) electrons. The van der Waals surface area contributed by atoms with Crippen LogP contribution >= 0.6 is 0 Å². The third-order valence-corrected chi connectivity index (χ3v) is 6.47. The molecule has 0 atom stereocenters. The molecular formula is C21H32O6. The molecule has 0 bridgehead atoms. The van der Waals surface area contributed by atoms with E-state index < -0.39 is 41.8 Å². The zero-order chi connectivity index (χ0) is 20.3. The molecule has 152 valence electrons. The van der Waals surface area contributed by atoms with Crippen LogP contribution in [0.2, 0.25) is 0 Å². The van der Waals surface area contributed by atoms with Crippen LogP contribution in [0.5, 0.6) is 0 Å². The quantitative estimate of drug-likeness (QED) is 0.418. The van der Waals surface area contributed by atoms with Crippen LogP contribution in [-0.2, 0) is 19.1 Å². The number of hydrogen-bond acceptors (Lipinski definition) is 6. The molecule has 6 heteroatoms. The molecule has 0 saturated heterocycles. The summed E-state index contributed by atoms with van der Waals surface area (Å²) in [5.41, 5.74) is -1.42. The van der Waals surface area contributed by atoms with Gasteiger partial charge in [-0.25, -0.2) is 9.59 Å². The second-order valence-electron chi connectivity index (χ2n) is 8.19. The summed E-state index contributed by atoms with van der Waals surface area (Å²) < 4.78 is 11.5. The third kappa shape index (κ3) is 3.57. The summed E-state index contributed by atoms with van der Waals surface area (Å²) in [7, 11) is 0. The van der Waals surface area contributed by atoms with Crippen LogP contribution in [0.4, 0.5) is 0 Å². The largest absolute Gasteiger partial charge is 0.418 e. The minimum absolute atomic E-state index is 0.161. The molecule has 0 aromatic rings. The summed E-state index contributed by atoms with van der Waals surface area (Å²) in [5.74, 6) is -3.16. The average molecular weight is 380 g/mol. The summed E-state index contributed by atoms with van der Waals surface area (Å²) in [6.07, 6.45) is 6.23. The Labute approximate surface area is 161 Å². The lowest BCUT2D eigenvalue weighted by Crippen LogP contribution is -2.68. The van der Waals surface area contributed by atoms with Gasteiger partial charge in [-0.05, 0) is 44.9 Å². The highest BCUT2D eigenvalue weighted by Crippen LogP contribution is 2.63. The Kier molecular flexibility index (Phi) is 6.53. The standard InChI is InChI=1S/C21H32O6/c1-15(2)17(24)26-21(27-18(25)16(3)4)12-8-11-19(9-6-5-7-10-19)20(21,13-22)14-23/h22-23H,1,3,5-14H2,2,4H3. The number of carbonyl (C=O) groups is 2. The normalized spacial score (nSPS) is 22.7. The van der Waals surface area contributed by atoms with Crippen LogP contribution in [0.1, 0.15) is 65.2 Å². The molecule has 2 saturated carbocycles. The number of carbonyl (C=O) groups excluding carboxylic acids is 2. The maximum Gasteiger partial charge on any atom is 0.336 e. The van der Waals surface area contributed by atoms with Crippen LogP contribution in [0.15, 0.2) is 24.3 Å². The van der Waals surface area contributed by atoms with Crippen LogP contribution < -0.4 is 0 Å². The van der Waals surface area contributed by atoms with Crippen molar-refractivity contribution in [2.75, 3.05) is 13.2 Å². The second-order valence-corrected chi connectivity index (χ2v) is 8.19. The Hall–Kier alpha value is -1.66. The molecule has 2 fully saturated rings. The lowest BCUT2D eigenvalue weighted by Gasteiger charge is -2.61. The first kappa shape index (κ1) is 21.6. The lowest BCUT2D eigenvalue weighted by molar-refractivity contribution is -0.332. The SMILES string of the molecule is C=C(C)C(=O)OC1(OC(=O)C(=C)C)CCCC2(CCCCC2)C1(CO)CO. The molecule has 0 aliphatic heterocycles. The van der Waals surface area contributed by atoms with Crippen molar-refractivity contribution in [1.29, 1.82) is 0 Å². The van der Waals surface area contributed by atoms with Gasteiger partial charge in [-0.1, -0.05) is 32.4 Å². The highest BCUT2D eigenvalue weighted by atomic mass is 16.7. The van der Waals surface area contributed by atoms with Crippen molar-refractivity contribution in [3.63, 3.8) is 0 Å². The monoisotopic (exact) mass is 380 g/mol. The Balaban J connectivity index is 2.61. The molecule has 0 aromatic carbocycles. The van der Waals surface area contributed by atoms with Crippen molar-refractivity contribution >= 4 is 11.9 Å². The van der Waals surface area contributed by atoms with Crippen LogP contribution in [0, 0.1) is 10.8 Å². The number of hydrogen-bond donors (Lipinski definition) is 2.